The second kappa shape index (κ2) is 11.1. The molecule has 1 aliphatic carbocycles. The van der Waals surface area contributed by atoms with Gasteiger partial charge in [0.05, 0.1) is 5.56 Å². The molecule has 0 nitrogen and oxygen atoms in total. The zero-order valence-corrected chi connectivity index (χ0v) is 23.5. The molecular formula is C31H8AlF15. The molecule has 5 aromatic carbocycles. The lowest BCUT2D eigenvalue weighted by Crippen LogP contribution is -2.57. The van der Waals surface area contributed by atoms with Gasteiger partial charge in [-0.3, -0.25) is 0 Å². The fourth-order valence-electron chi connectivity index (χ4n) is 5.78. The molecule has 0 amide bonds. The molecule has 0 unspecified atom stereocenters. The number of benzene rings is 5. The van der Waals surface area contributed by atoms with Crippen molar-refractivity contribution in [3.8, 4) is 22.3 Å². The van der Waals surface area contributed by atoms with Gasteiger partial charge in [-0.25, -0.2) is 57.1 Å². The fourth-order valence-corrected chi connectivity index (χ4v) is 9.27. The normalized spacial score (nSPS) is 13.2. The molecular weight excluding hydrogens is 684 g/mol. The minimum Gasteiger partial charge on any atom is -0.207 e. The van der Waals surface area contributed by atoms with Gasteiger partial charge in [0.2, 0.25) is 0 Å². The van der Waals surface area contributed by atoms with Crippen molar-refractivity contribution in [2.45, 2.75) is 5.92 Å². The lowest BCUT2D eigenvalue weighted by atomic mass is 10.0. The first-order valence-corrected chi connectivity index (χ1v) is 14.6. The van der Waals surface area contributed by atoms with Crippen molar-refractivity contribution in [3.05, 3.63) is 135 Å². The number of hydrogen-bond donors (Lipinski definition) is 0. The van der Waals surface area contributed by atoms with E-state index >= 15 is 30.7 Å². The van der Waals surface area contributed by atoms with Gasteiger partial charge in [0.25, 0.3) is 0 Å². The highest BCUT2D eigenvalue weighted by Crippen LogP contribution is 2.54. The standard InChI is InChI=1S/C13F9.C12H6F3.C6H2F3.Al/c14-3-1-2-4(8(16)7(3)15)5-6(13(2,21)22)10(18)12(20)11(19)9(5)17;13-9-6-10(12(15)11(14)7-9)8-4-2-1-3-5-8;7-4-2-1-3-5(8)6(4)9;/h;1-4,6-7H;1-2H;. The number of rotatable bonds is 4. The molecule has 16 heteroatoms. The van der Waals surface area contributed by atoms with E-state index in [1.807, 2.05) is 0 Å². The van der Waals surface area contributed by atoms with Crippen LogP contribution >= 0.6 is 0 Å². The van der Waals surface area contributed by atoms with E-state index in [0.29, 0.717) is 12.1 Å². The Hall–Kier alpha value is -4.42. The van der Waals surface area contributed by atoms with Gasteiger partial charge in [-0.15, -0.1) is 0 Å². The summed E-state index contributed by atoms with van der Waals surface area (Å²) in [6.45, 7) is 0. The largest absolute Gasteiger partial charge is 0.395 e. The van der Waals surface area contributed by atoms with Crippen LogP contribution in [0.25, 0.3) is 22.3 Å². The van der Waals surface area contributed by atoms with Gasteiger partial charge in [-0.1, -0.05) is 43.6 Å². The first kappa shape index (κ1) is 32.5. The van der Waals surface area contributed by atoms with Crippen LogP contribution in [0.1, 0.15) is 11.1 Å². The monoisotopic (exact) mass is 692 g/mol. The van der Waals surface area contributed by atoms with Crippen molar-refractivity contribution in [1.29, 1.82) is 0 Å². The van der Waals surface area contributed by atoms with E-state index in [1.54, 1.807) is 0 Å². The molecule has 0 bridgehead atoms. The van der Waals surface area contributed by atoms with Crippen LogP contribution in [-0.4, -0.2) is 14.1 Å². The average Bonchev–Trinajstić information content (AvgIpc) is 3.28. The summed E-state index contributed by atoms with van der Waals surface area (Å²) in [6, 6.07) is 4.73. The molecule has 0 heterocycles. The van der Waals surface area contributed by atoms with Crippen molar-refractivity contribution in [2.75, 3.05) is 0 Å². The molecule has 0 radical (unpaired) electrons. The second-order valence-electron chi connectivity index (χ2n) is 10.2. The van der Waals surface area contributed by atoms with Gasteiger partial charge in [0.1, 0.15) is 11.6 Å². The highest BCUT2D eigenvalue weighted by molar-refractivity contribution is 6.96. The third-order valence-electron chi connectivity index (χ3n) is 7.73. The van der Waals surface area contributed by atoms with E-state index in [0.717, 1.165) is 24.3 Å². The summed E-state index contributed by atoms with van der Waals surface area (Å²) in [7, 11) is 0. The van der Waals surface area contributed by atoms with Crippen LogP contribution in [0.4, 0.5) is 65.9 Å². The molecule has 0 atom stereocenters. The third kappa shape index (κ3) is 4.56. The van der Waals surface area contributed by atoms with Crippen LogP contribution in [0.15, 0.2) is 48.5 Å². The SMILES string of the molecule is Fc1cc(F)c(F)c(-c2cccc[c]2[Al]([c]2ccc(F)c(F)c2F)[c]2c(F)c(F)c(F)c3c2C(F)(F)c2c(F)c(F)c(F)c(F)c2-3)c1. The fraction of sp³-hybridized carbons (Fsp3) is 0.0323. The summed E-state index contributed by atoms with van der Waals surface area (Å²) in [5.41, 5.74) is -10.4. The Morgan fingerprint density at radius 3 is 1.66 bits per heavy atom. The maximum absolute atomic E-state index is 16.1. The highest BCUT2D eigenvalue weighted by Gasteiger charge is 2.56. The summed E-state index contributed by atoms with van der Waals surface area (Å²) >= 11 is -4.95. The number of fused-ring (bicyclic) bond motifs is 3. The maximum Gasteiger partial charge on any atom is 0.395 e. The molecule has 0 fully saturated rings. The molecule has 0 aromatic heterocycles. The topological polar surface area (TPSA) is 0 Å². The van der Waals surface area contributed by atoms with Crippen LogP contribution in [0.2, 0.25) is 0 Å². The summed E-state index contributed by atoms with van der Waals surface area (Å²) in [4.78, 5) is 0. The Kier molecular flexibility index (Phi) is 7.67. The predicted molar refractivity (Wildman–Crippen MR) is 137 cm³/mol. The maximum atomic E-state index is 16.1. The zero-order chi connectivity index (χ0) is 34.4. The van der Waals surface area contributed by atoms with Crippen LogP contribution in [0.5, 0.6) is 0 Å². The highest BCUT2D eigenvalue weighted by atomic mass is 27.2. The van der Waals surface area contributed by atoms with Crippen molar-refractivity contribution in [2.24, 2.45) is 0 Å². The van der Waals surface area contributed by atoms with Crippen LogP contribution in [0.3, 0.4) is 0 Å². The summed E-state index contributed by atoms with van der Waals surface area (Å²) < 4.78 is 221. The van der Waals surface area contributed by atoms with Gasteiger partial charge < -0.3 is 0 Å². The number of halogens is 15. The van der Waals surface area contributed by atoms with E-state index in [4.69, 9.17) is 0 Å². The van der Waals surface area contributed by atoms with E-state index in [1.165, 1.54) is 0 Å². The quantitative estimate of drug-likeness (QED) is 0.0782. The smallest absolute Gasteiger partial charge is 0.207 e. The van der Waals surface area contributed by atoms with Gasteiger partial charge in [-0.2, -0.15) is 8.78 Å². The van der Waals surface area contributed by atoms with Gasteiger partial charge in [0, 0.05) is 28.3 Å². The van der Waals surface area contributed by atoms with E-state index < -0.39 is 142 Å². The molecule has 1 aliphatic rings. The minimum atomic E-state index is -5.26. The van der Waals surface area contributed by atoms with Crippen molar-refractivity contribution in [1.82, 2.24) is 0 Å². The Morgan fingerprint density at radius 2 is 1.00 bits per heavy atom. The van der Waals surface area contributed by atoms with Crippen LogP contribution in [-0.2, 0) is 5.92 Å². The molecule has 5 aromatic rings. The Balaban J connectivity index is 1.83. The summed E-state index contributed by atoms with van der Waals surface area (Å²) in [6.07, 6.45) is 0. The molecule has 0 aliphatic heterocycles. The van der Waals surface area contributed by atoms with E-state index in [2.05, 4.69) is 0 Å². The number of hydrogen-bond acceptors (Lipinski definition) is 0. The molecule has 47 heavy (non-hydrogen) atoms. The molecule has 240 valence electrons. The lowest BCUT2D eigenvalue weighted by Gasteiger charge is -2.25. The molecule has 0 saturated carbocycles. The van der Waals surface area contributed by atoms with Crippen molar-refractivity contribution >= 4 is 27.4 Å². The first-order valence-electron chi connectivity index (χ1n) is 12.8. The summed E-state index contributed by atoms with van der Waals surface area (Å²) in [5.74, 6) is -35.6. The van der Waals surface area contributed by atoms with Gasteiger partial charge >= 0.3 is 20.1 Å². The lowest BCUT2D eigenvalue weighted by molar-refractivity contribution is 0.0435. The molecule has 0 saturated heterocycles. The van der Waals surface area contributed by atoms with Crippen LogP contribution in [0, 0.1) is 75.6 Å². The van der Waals surface area contributed by atoms with Gasteiger partial charge in [-0.05, 0) is 17.7 Å². The predicted octanol–water partition coefficient (Wildman–Crippen LogP) is 7.80. The minimum absolute atomic E-state index is 0.0897. The molecule has 6 rings (SSSR count). The van der Waals surface area contributed by atoms with Crippen molar-refractivity contribution < 1.29 is 65.9 Å². The third-order valence-corrected chi connectivity index (χ3v) is 11.0. The van der Waals surface area contributed by atoms with Crippen molar-refractivity contribution in [3.63, 3.8) is 0 Å². The van der Waals surface area contributed by atoms with Gasteiger partial charge in [0.15, 0.2) is 64.0 Å². The van der Waals surface area contributed by atoms with E-state index in [-0.39, 0.29) is 12.1 Å². The molecule has 0 N–H and O–H groups in total. The number of alkyl halides is 2. The first-order chi connectivity index (χ1) is 22.0. The summed E-state index contributed by atoms with van der Waals surface area (Å²) in [5, 5.41) is 0. The zero-order valence-electron chi connectivity index (χ0n) is 22.4. The Bertz CT molecular complexity index is 2180. The van der Waals surface area contributed by atoms with E-state index in [9.17, 15) is 35.1 Å². The Morgan fingerprint density at radius 1 is 0.426 bits per heavy atom. The Labute approximate surface area is 256 Å². The van der Waals surface area contributed by atoms with Crippen LogP contribution < -0.4 is 13.3 Å². The second-order valence-corrected chi connectivity index (χ2v) is 12.9. The average molecular weight is 692 g/mol. The molecule has 0 spiro atoms.